The molecule has 0 aliphatic carbocycles. The van der Waals surface area contributed by atoms with Crippen LogP contribution in [0.4, 0.5) is 5.69 Å². The summed E-state index contributed by atoms with van der Waals surface area (Å²) in [6, 6.07) is 7.23. The highest BCUT2D eigenvalue weighted by Crippen LogP contribution is 2.43. The van der Waals surface area contributed by atoms with Crippen molar-refractivity contribution in [2.45, 2.75) is 6.92 Å². The second-order valence-corrected chi connectivity index (χ2v) is 5.21. The average Bonchev–Trinajstić information content (AvgIpc) is 2.88. The lowest BCUT2D eigenvalue weighted by molar-refractivity contribution is 0.0533. The molecule has 6 heteroatoms. The molecule has 1 aromatic carbocycles. The molecule has 112 valence electrons. The number of nitrogens with two attached hydrogens (primary N) is 1. The van der Waals surface area contributed by atoms with Gasteiger partial charge in [-0.1, -0.05) is 6.07 Å². The first kappa shape index (κ1) is 15.2. The standard InChI is InChI=1S/C15H17NO4S/c1-4-20-15(17)14-9(16)8-12(21-14)13-10(18-2)6-5-7-11(13)19-3/h5-8H,4,16H2,1-3H3. The minimum Gasteiger partial charge on any atom is -0.496 e. The van der Waals surface area contributed by atoms with Crippen LogP contribution >= 0.6 is 11.3 Å². The number of benzene rings is 1. The van der Waals surface area contributed by atoms with Crippen molar-refractivity contribution in [3.8, 4) is 21.9 Å². The number of carbonyl (C=O) groups excluding carboxylic acids is 1. The number of nitrogen functional groups attached to an aromatic ring is 1. The fourth-order valence-electron chi connectivity index (χ4n) is 1.98. The lowest BCUT2D eigenvalue weighted by Gasteiger charge is -2.11. The van der Waals surface area contributed by atoms with Crippen molar-refractivity contribution >= 4 is 23.0 Å². The molecular formula is C15H17NO4S. The van der Waals surface area contributed by atoms with Gasteiger partial charge in [0.2, 0.25) is 0 Å². The number of hydrogen-bond donors (Lipinski definition) is 1. The highest BCUT2D eigenvalue weighted by atomic mass is 32.1. The van der Waals surface area contributed by atoms with Crippen molar-refractivity contribution in [2.24, 2.45) is 0 Å². The first-order valence-electron chi connectivity index (χ1n) is 6.40. The Kier molecular flexibility index (Phi) is 4.70. The molecule has 0 aliphatic heterocycles. The fraction of sp³-hybridized carbons (Fsp3) is 0.267. The second kappa shape index (κ2) is 6.49. The summed E-state index contributed by atoms with van der Waals surface area (Å²) in [7, 11) is 3.17. The van der Waals surface area contributed by atoms with Crippen LogP contribution < -0.4 is 15.2 Å². The van der Waals surface area contributed by atoms with Gasteiger partial charge in [-0.2, -0.15) is 0 Å². The van der Waals surface area contributed by atoms with E-state index in [1.807, 2.05) is 18.2 Å². The molecule has 0 fully saturated rings. The maximum Gasteiger partial charge on any atom is 0.350 e. The average molecular weight is 307 g/mol. The van der Waals surface area contributed by atoms with E-state index in [0.717, 1.165) is 10.4 Å². The largest absolute Gasteiger partial charge is 0.496 e. The SMILES string of the molecule is CCOC(=O)c1sc(-c2c(OC)cccc2OC)cc1N. The number of hydrogen-bond acceptors (Lipinski definition) is 6. The zero-order valence-corrected chi connectivity index (χ0v) is 13.0. The summed E-state index contributed by atoms with van der Waals surface area (Å²) in [6.07, 6.45) is 0. The van der Waals surface area contributed by atoms with Crippen LogP contribution in [-0.4, -0.2) is 26.8 Å². The highest BCUT2D eigenvalue weighted by Gasteiger charge is 2.20. The van der Waals surface area contributed by atoms with Gasteiger partial charge in [-0.3, -0.25) is 0 Å². The quantitative estimate of drug-likeness (QED) is 0.859. The first-order chi connectivity index (χ1) is 10.1. The van der Waals surface area contributed by atoms with Crippen LogP contribution in [0, 0.1) is 0 Å². The van der Waals surface area contributed by atoms with Crippen molar-refractivity contribution < 1.29 is 19.0 Å². The van der Waals surface area contributed by atoms with Crippen molar-refractivity contribution in [1.82, 2.24) is 0 Å². The number of methoxy groups -OCH3 is 2. The number of ether oxygens (including phenoxy) is 3. The van der Waals surface area contributed by atoms with Crippen LogP contribution in [0.2, 0.25) is 0 Å². The van der Waals surface area contributed by atoms with Gasteiger partial charge < -0.3 is 19.9 Å². The summed E-state index contributed by atoms with van der Waals surface area (Å²) in [6.45, 7) is 2.06. The lowest BCUT2D eigenvalue weighted by atomic mass is 10.1. The third-order valence-corrected chi connectivity index (χ3v) is 4.04. The van der Waals surface area contributed by atoms with Crippen LogP contribution in [0.5, 0.6) is 11.5 Å². The minimum absolute atomic E-state index is 0.309. The molecule has 0 unspecified atom stereocenters. The molecule has 1 heterocycles. The van der Waals surface area contributed by atoms with Gasteiger partial charge in [0.1, 0.15) is 16.4 Å². The Bertz CT molecular complexity index is 629. The zero-order valence-electron chi connectivity index (χ0n) is 12.1. The molecular weight excluding hydrogens is 290 g/mol. The van der Waals surface area contributed by atoms with Crippen LogP contribution in [0.25, 0.3) is 10.4 Å². The summed E-state index contributed by atoms with van der Waals surface area (Å²) in [5, 5.41) is 0. The van der Waals surface area contributed by atoms with E-state index in [0.29, 0.717) is 28.7 Å². The topological polar surface area (TPSA) is 70.8 Å². The number of esters is 1. The molecule has 0 bridgehead atoms. The van der Waals surface area contributed by atoms with E-state index < -0.39 is 5.97 Å². The Balaban J connectivity index is 2.53. The van der Waals surface area contributed by atoms with E-state index in [1.165, 1.54) is 11.3 Å². The Labute approximate surface area is 127 Å². The molecule has 5 nitrogen and oxygen atoms in total. The molecule has 0 saturated carbocycles. The molecule has 1 aromatic heterocycles. The van der Waals surface area contributed by atoms with Crippen LogP contribution in [0.3, 0.4) is 0 Å². The molecule has 0 saturated heterocycles. The monoisotopic (exact) mass is 307 g/mol. The maximum atomic E-state index is 11.9. The van der Waals surface area contributed by atoms with E-state index in [9.17, 15) is 4.79 Å². The highest BCUT2D eigenvalue weighted by molar-refractivity contribution is 7.18. The molecule has 0 aliphatic rings. The van der Waals surface area contributed by atoms with Crippen LogP contribution in [0.15, 0.2) is 24.3 Å². The van der Waals surface area contributed by atoms with E-state index in [2.05, 4.69) is 0 Å². The van der Waals surface area contributed by atoms with Gasteiger partial charge in [0.15, 0.2) is 0 Å². The molecule has 2 N–H and O–H groups in total. The van der Waals surface area contributed by atoms with Crippen LogP contribution in [0.1, 0.15) is 16.6 Å². The van der Waals surface area contributed by atoms with Gasteiger partial charge >= 0.3 is 5.97 Å². The minimum atomic E-state index is -0.417. The Hall–Kier alpha value is -2.21. The van der Waals surface area contributed by atoms with Gasteiger partial charge in [-0.25, -0.2) is 4.79 Å². The van der Waals surface area contributed by atoms with Gasteiger partial charge in [0.05, 0.1) is 32.1 Å². The molecule has 0 radical (unpaired) electrons. The predicted molar refractivity (Wildman–Crippen MR) is 83.2 cm³/mol. The summed E-state index contributed by atoms with van der Waals surface area (Å²) >= 11 is 1.26. The fourth-order valence-corrected chi connectivity index (χ4v) is 3.01. The summed E-state index contributed by atoms with van der Waals surface area (Å²) < 4.78 is 15.7. The van der Waals surface area contributed by atoms with E-state index >= 15 is 0 Å². The van der Waals surface area contributed by atoms with E-state index in [-0.39, 0.29) is 0 Å². The van der Waals surface area contributed by atoms with Crippen molar-refractivity contribution in [3.63, 3.8) is 0 Å². The van der Waals surface area contributed by atoms with Crippen molar-refractivity contribution in [1.29, 1.82) is 0 Å². The van der Waals surface area contributed by atoms with Gasteiger partial charge in [-0.15, -0.1) is 11.3 Å². The Morgan fingerprint density at radius 2 is 1.86 bits per heavy atom. The van der Waals surface area contributed by atoms with Crippen molar-refractivity contribution in [2.75, 3.05) is 26.6 Å². The lowest BCUT2D eigenvalue weighted by Crippen LogP contribution is -2.04. The molecule has 2 aromatic rings. The maximum absolute atomic E-state index is 11.9. The molecule has 0 amide bonds. The first-order valence-corrected chi connectivity index (χ1v) is 7.21. The third kappa shape index (κ3) is 2.95. The number of carbonyl (C=O) groups is 1. The van der Waals surface area contributed by atoms with Crippen LogP contribution in [-0.2, 0) is 4.74 Å². The molecule has 2 rings (SSSR count). The molecule has 21 heavy (non-hydrogen) atoms. The molecule has 0 spiro atoms. The predicted octanol–water partition coefficient (Wildman–Crippen LogP) is 3.19. The molecule has 0 atom stereocenters. The zero-order chi connectivity index (χ0) is 15.4. The van der Waals surface area contributed by atoms with Gasteiger partial charge in [0, 0.05) is 4.88 Å². The summed E-state index contributed by atoms with van der Waals surface area (Å²) in [4.78, 5) is 13.0. The third-order valence-electron chi connectivity index (χ3n) is 2.90. The Morgan fingerprint density at radius 3 is 2.38 bits per heavy atom. The number of thiophene rings is 1. The normalized spacial score (nSPS) is 10.2. The van der Waals surface area contributed by atoms with Crippen molar-refractivity contribution in [3.05, 3.63) is 29.1 Å². The van der Waals surface area contributed by atoms with E-state index in [1.54, 1.807) is 27.2 Å². The van der Waals surface area contributed by atoms with Gasteiger partial charge in [-0.05, 0) is 25.1 Å². The van der Waals surface area contributed by atoms with E-state index in [4.69, 9.17) is 19.9 Å². The number of rotatable bonds is 5. The number of anilines is 1. The second-order valence-electron chi connectivity index (χ2n) is 4.15. The van der Waals surface area contributed by atoms with Gasteiger partial charge in [0.25, 0.3) is 0 Å². The summed E-state index contributed by atoms with van der Waals surface area (Å²) in [5.41, 5.74) is 7.08. The summed E-state index contributed by atoms with van der Waals surface area (Å²) in [5.74, 6) is 0.900. The smallest absolute Gasteiger partial charge is 0.350 e. The Morgan fingerprint density at radius 1 is 1.24 bits per heavy atom.